The molecule has 0 saturated heterocycles. The van der Waals surface area contributed by atoms with E-state index in [1.165, 1.54) is 0 Å². The first-order chi connectivity index (χ1) is 12.2. The van der Waals surface area contributed by atoms with Gasteiger partial charge in [-0.2, -0.15) is 0 Å². The topological polar surface area (TPSA) is 54.5 Å². The molecule has 2 aromatic carbocycles. The lowest BCUT2D eigenvalue weighted by atomic mass is 10.1. The van der Waals surface area contributed by atoms with Crippen molar-refractivity contribution in [1.29, 1.82) is 0 Å². The van der Waals surface area contributed by atoms with Crippen molar-refractivity contribution in [2.24, 2.45) is 0 Å². The molecule has 0 aliphatic carbocycles. The van der Waals surface area contributed by atoms with Crippen molar-refractivity contribution in [3.8, 4) is 5.75 Å². The zero-order valence-corrected chi connectivity index (χ0v) is 14.7. The fourth-order valence-electron chi connectivity index (χ4n) is 2.98. The van der Waals surface area contributed by atoms with Crippen LogP contribution < -0.4 is 15.0 Å². The SMILES string of the molecule is COc1ccc(N2C(=O)c3ccccc3N[C@H]2c2csc(C)n2)cc1. The molecule has 1 atom stereocenters. The Labute approximate surface area is 149 Å². The van der Waals surface area contributed by atoms with Gasteiger partial charge in [-0.25, -0.2) is 4.98 Å². The minimum Gasteiger partial charge on any atom is -0.497 e. The van der Waals surface area contributed by atoms with E-state index in [2.05, 4.69) is 10.3 Å². The third kappa shape index (κ3) is 2.74. The first-order valence-corrected chi connectivity index (χ1v) is 8.80. The van der Waals surface area contributed by atoms with Crippen LogP contribution in [0.4, 0.5) is 11.4 Å². The van der Waals surface area contributed by atoms with Crippen LogP contribution in [0.15, 0.2) is 53.9 Å². The van der Waals surface area contributed by atoms with Crippen LogP contribution in [0.2, 0.25) is 0 Å². The molecule has 5 nitrogen and oxygen atoms in total. The van der Waals surface area contributed by atoms with Gasteiger partial charge in [0.15, 0.2) is 6.17 Å². The predicted octanol–water partition coefficient (Wildman–Crippen LogP) is 4.23. The van der Waals surface area contributed by atoms with Gasteiger partial charge < -0.3 is 10.1 Å². The van der Waals surface area contributed by atoms with Gasteiger partial charge in [0, 0.05) is 16.8 Å². The number of carbonyl (C=O) groups is 1. The zero-order chi connectivity index (χ0) is 17.4. The molecule has 0 radical (unpaired) electrons. The molecule has 1 aromatic heterocycles. The van der Waals surface area contributed by atoms with Crippen molar-refractivity contribution in [3.05, 3.63) is 70.2 Å². The molecule has 3 aromatic rings. The molecule has 1 amide bonds. The molecule has 1 aliphatic rings. The standard InChI is InChI=1S/C19H17N3O2S/c1-12-20-17(11-25-12)18-21-16-6-4-3-5-15(16)19(23)22(18)13-7-9-14(24-2)10-8-13/h3-11,18,21H,1-2H3/t18-/m1/s1. The summed E-state index contributed by atoms with van der Waals surface area (Å²) in [4.78, 5) is 19.5. The maximum absolute atomic E-state index is 13.2. The summed E-state index contributed by atoms with van der Waals surface area (Å²) in [5, 5.41) is 6.41. The molecule has 0 saturated carbocycles. The molecule has 0 fully saturated rings. The average Bonchev–Trinajstić information content (AvgIpc) is 3.08. The number of nitrogens with one attached hydrogen (secondary N) is 1. The number of nitrogens with zero attached hydrogens (tertiary/aromatic N) is 2. The number of thiazole rings is 1. The van der Waals surface area contributed by atoms with Crippen molar-refractivity contribution in [2.45, 2.75) is 13.1 Å². The van der Waals surface area contributed by atoms with Gasteiger partial charge in [-0.3, -0.25) is 9.69 Å². The first kappa shape index (κ1) is 15.7. The van der Waals surface area contributed by atoms with Gasteiger partial charge in [-0.1, -0.05) is 12.1 Å². The van der Waals surface area contributed by atoms with E-state index in [-0.39, 0.29) is 12.1 Å². The van der Waals surface area contributed by atoms with Crippen LogP contribution in [-0.4, -0.2) is 18.0 Å². The van der Waals surface area contributed by atoms with Gasteiger partial charge in [-0.05, 0) is 43.3 Å². The number of carbonyl (C=O) groups excluding carboxylic acids is 1. The van der Waals surface area contributed by atoms with Crippen LogP contribution in [0.25, 0.3) is 0 Å². The molecule has 126 valence electrons. The van der Waals surface area contributed by atoms with Crippen molar-refractivity contribution >= 4 is 28.6 Å². The van der Waals surface area contributed by atoms with Crippen molar-refractivity contribution in [2.75, 3.05) is 17.3 Å². The van der Waals surface area contributed by atoms with Crippen molar-refractivity contribution in [1.82, 2.24) is 4.98 Å². The number of hydrogen-bond donors (Lipinski definition) is 1. The number of rotatable bonds is 3. The minimum atomic E-state index is -0.347. The van der Waals surface area contributed by atoms with E-state index < -0.39 is 0 Å². The van der Waals surface area contributed by atoms with Crippen LogP contribution in [0, 0.1) is 6.92 Å². The summed E-state index contributed by atoms with van der Waals surface area (Å²) in [7, 11) is 1.62. The van der Waals surface area contributed by atoms with Gasteiger partial charge in [0.2, 0.25) is 0 Å². The van der Waals surface area contributed by atoms with E-state index >= 15 is 0 Å². The Balaban J connectivity index is 1.82. The van der Waals surface area contributed by atoms with Crippen molar-refractivity contribution < 1.29 is 9.53 Å². The van der Waals surface area contributed by atoms with Gasteiger partial charge >= 0.3 is 0 Å². The highest BCUT2D eigenvalue weighted by Crippen LogP contribution is 2.37. The Morgan fingerprint density at radius 3 is 2.60 bits per heavy atom. The van der Waals surface area contributed by atoms with Crippen LogP contribution in [-0.2, 0) is 0 Å². The van der Waals surface area contributed by atoms with E-state index in [0.29, 0.717) is 5.56 Å². The number of amides is 1. The summed E-state index contributed by atoms with van der Waals surface area (Å²) >= 11 is 1.57. The Bertz CT molecular complexity index is 920. The lowest BCUT2D eigenvalue weighted by molar-refractivity contribution is 0.0974. The number of fused-ring (bicyclic) bond motifs is 1. The van der Waals surface area contributed by atoms with Crippen molar-refractivity contribution in [3.63, 3.8) is 0 Å². The van der Waals surface area contributed by atoms with Crippen LogP contribution in [0.5, 0.6) is 5.75 Å². The predicted molar refractivity (Wildman–Crippen MR) is 99.5 cm³/mol. The third-order valence-electron chi connectivity index (χ3n) is 4.19. The van der Waals surface area contributed by atoms with Crippen LogP contribution in [0.3, 0.4) is 0 Å². The summed E-state index contributed by atoms with van der Waals surface area (Å²) in [6, 6.07) is 15.0. The molecule has 0 bridgehead atoms. The summed E-state index contributed by atoms with van der Waals surface area (Å²) < 4.78 is 5.22. The Morgan fingerprint density at radius 2 is 1.92 bits per heavy atom. The summed E-state index contributed by atoms with van der Waals surface area (Å²) in [6.07, 6.45) is -0.347. The fourth-order valence-corrected chi connectivity index (χ4v) is 3.61. The fraction of sp³-hybridized carbons (Fsp3) is 0.158. The second kappa shape index (κ2) is 6.22. The quantitative estimate of drug-likeness (QED) is 0.767. The number of benzene rings is 2. The number of aryl methyl sites for hydroxylation is 1. The molecule has 6 heteroatoms. The zero-order valence-electron chi connectivity index (χ0n) is 13.9. The number of anilines is 2. The molecular weight excluding hydrogens is 334 g/mol. The molecule has 2 heterocycles. The maximum atomic E-state index is 13.2. The monoisotopic (exact) mass is 351 g/mol. The van der Waals surface area contributed by atoms with Gasteiger partial charge in [-0.15, -0.1) is 11.3 Å². The molecule has 4 rings (SSSR count). The lowest BCUT2D eigenvalue weighted by Crippen LogP contribution is -2.43. The summed E-state index contributed by atoms with van der Waals surface area (Å²) in [5.74, 6) is 0.706. The minimum absolute atomic E-state index is 0.0461. The molecule has 0 unspecified atom stereocenters. The van der Waals surface area contributed by atoms with Crippen LogP contribution >= 0.6 is 11.3 Å². The second-order valence-corrected chi connectivity index (χ2v) is 6.82. The van der Waals surface area contributed by atoms with E-state index in [1.54, 1.807) is 23.3 Å². The van der Waals surface area contributed by atoms with Gasteiger partial charge in [0.05, 0.1) is 23.4 Å². The normalized spacial score (nSPS) is 16.3. The largest absolute Gasteiger partial charge is 0.497 e. The molecule has 0 spiro atoms. The van der Waals surface area contributed by atoms with E-state index in [4.69, 9.17) is 4.74 Å². The smallest absolute Gasteiger partial charge is 0.262 e. The van der Waals surface area contributed by atoms with Gasteiger partial charge in [0.25, 0.3) is 5.91 Å². The molecule has 25 heavy (non-hydrogen) atoms. The van der Waals surface area contributed by atoms with E-state index in [9.17, 15) is 4.79 Å². The summed E-state index contributed by atoms with van der Waals surface area (Å²) in [6.45, 7) is 1.96. The highest BCUT2D eigenvalue weighted by Gasteiger charge is 2.35. The Hall–Kier alpha value is -2.86. The van der Waals surface area contributed by atoms with E-state index in [1.807, 2.05) is 60.8 Å². The summed E-state index contributed by atoms with van der Waals surface area (Å²) in [5.41, 5.74) is 3.11. The number of para-hydroxylation sites is 1. The number of ether oxygens (including phenoxy) is 1. The lowest BCUT2D eigenvalue weighted by Gasteiger charge is -2.37. The molecule has 1 N–H and O–H groups in total. The number of hydrogen-bond acceptors (Lipinski definition) is 5. The number of methoxy groups -OCH3 is 1. The second-order valence-electron chi connectivity index (χ2n) is 5.76. The third-order valence-corrected chi connectivity index (χ3v) is 4.99. The Kier molecular flexibility index (Phi) is 3.89. The highest BCUT2D eigenvalue weighted by atomic mass is 32.1. The molecular formula is C19H17N3O2S. The van der Waals surface area contributed by atoms with Crippen LogP contribution in [0.1, 0.15) is 27.2 Å². The maximum Gasteiger partial charge on any atom is 0.262 e. The van der Waals surface area contributed by atoms with E-state index in [0.717, 1.165) is 27.8 Å². The number of aromatic nitrogens is 1. The highest BCUT2D eigenvalue weighted by molar-refractivity contribution is 7.09. The average molecular weight is 351 g/mol. The van der Waals surface area contributed by atoms with Gasteiger partial charge in [0.1, 0.15) is 5.75 Å². The first-order valence-electron chi connectivity index (χ1n) is 7.92. The molecule has 1 aliphatic heterocycles. The Morgan fingerprint density at radius 1 is 1.16 bits per heavy atom.